The van der Waals surface area contributed by atoms with Gasteiger partial charge in [-0.15, -0.1) is 0 Å². The molecule has 0 aliphatic carbocycles. The molecule has 0 amide bonds. The highest BCUT2D eigenvalue weighted by molar-refractivity contribution is 4.67. The van der Waals surface area contributed by atoms with E-state index >= 15 is 0 Å². The average molecular weight is 217 g/mol. The van der Waals surface area contributed by atoms with Gasteiger partial charge in [0.05, 0.1) is 19.8 Å². The van der Waals surface area contributed by atoms with Crippen molar-refractivity contribution < 1.29 is 9.47 Å². The van der Waals surface area contributed by atoms with Crippen molar-refractivity contribution in [3.05, 3.63) is 0 Å². The maximum absolute atomic E-state index is 5.50. The van der Waals surface area contributed by atoms with Crippen LogP contribution in [-0.4, -0.2) is 57.6 Å². The molecule has 0 spiro atoms. The Balaban J connectivity index is 2.21. The van der Waals surface area contributed by atoms with E-state index in [-0.39, 0.29) is 0 Å². The van der Waals surface area contributed by atoms with Crippen molar-refractivity contribution in [3.63, 3.8) is 0 Å². The third kappa shape index (κ3) is 5.44. The van der Waals surface area contributed by atoms with Crippen LogP contribution in [0.5, 0.6) is 0 Å². The predicted molar refractivity (Wildman–Crippen MR) is 59.5 cm³/mol. The maximum atomic E-state index is 5.50. The first-order chi connectivity index (χ1) is 7.36. The van der Waals surface area contributed by atoms with Crippen molar-refractivity contribution in [3.8, 4) is 0 Å². The molecule has 0 aromatic carbocycles. The third-order valence-corrected chi connectivity index (χ3v) is 2.50. The Labute approximate surface area is 91.9 Å². The molecule has 5 nitrogen and oxygen atoms in total. The van der Waals surface area contributed by atoms with Crippen molar-refractivity contribution in [2.75, 3.05) is 46.6 Å². The molecule has 5 heteroatoms. The van der Waals surface area contributed by atoms with E-state index < -0.39 is 0 Å². The van der Waals surface area contributed by atoms with E-state index in [4.69, 9.17) is 15.2 Å². The van der Waals surface area contributed by atoms with E-state index in [1.807, 2.05) is 0 Å². The Morgan fingerprint density at radius 1 is 1.47 bits per heavy atom. The van der Waals surface area contributed by atoms with Crippen LogP contribution in [-0.2, 0) is 9.47 Å². The first kappa shape index (κ1) is 12.9. The Morgan fingerprint density at radius 3 is 2.80 bits per heavy atom. The number of hydrogen-bond acceptors (Lipinski definition) is 5. The van der Waals surface area contributed by atoms with Crippen LogP contribution in [0.4, 0.5) is 0 Å². The lowest BCUT2D eigenvalue weighted by molar-refractivity contribution is -0.00563. The smallest absolute Gasteiger partial charge is 0.0629 e. The number of nitrogens with two attached hydrogens (primary N) is 1. The number of morpholine rings is 1. The van der Waals surface area contributed by atoms with Gasteiger partial charge in [0.25, 0.3) is 0 Å². The number of nitrogens with one attached hydrogen (secondary N) is 1. The first-order valence-electron chi connectivity index (χ1n) is 5.64. The van der Waals surface area contributed by atoms with E-state index in [1.165, 1.54) is 0 Å². The Bertz CT molecular complexity index is 152. The SMILES string of the molecule is COCC(CCCN)NN1CCOCC1. The topological polar surface area (TPSA) is 59.8 Å². The molecule has 90 valence electrons. The summed E-state index contributed by atoms with van der Waals surface area (Å²) in [6, 6.07) is 0.372. The Kier molecular flexibility index (Phi) is 6.87. The largest absolute Gasteiger partial charge is 0.383 e. The second-order valence-corrected chi connectivity index (χ2v) is 3.81. The zero-order valence-electron chi connectivity index (χ0n) is 9.58. The summed E-state index contributed by atoms with van der Waals surface area (Å²) in [5, 5.41) is 2.21. The third-order valence-electron chi connectivity index (χ3n) is 2.50. The summed E-state index contributed by atoms with van der Waals surface area (Å²) in [5.41, 5.74) is 8.97. The fraction of sp³-hybridized carbons (Fsp3) is 1.00. The lowest BCUT2D eigenvalue weighted by Gasteiger charge is -2.31. The fourth-order valence-corrected chi connectivity index (χ4v) is 1.70. The second-order valence-electron chi connectivity index (χ2n) is 3.81. The van der Waals surface area contributed by atoms with Gasteiger partial charge in [0, 0.05) is 26.2 Å². The molecule has 15 heavy (non-hydrogen) atoms. The van der Waals surface area contributed by atoms with E-state index in [9.17, 15) is 0 Å². The van der Waals surface area contributed by atoms with Crippen molar-refractivity contribution >= 4 is 0 Å². The second kappa shape index (κ2) is 8.01. The van der Waals surface area contributed by atoms with Crippen LogP contribution < -0.4 is 11.2 Å². The van der Waals surface area contributed by atoms with Gasteiger partial charge in [-0.3, -0.25) is 0 Å². The number of hydrogen-bond donors (Lipinski definition) is 2. The lowest BCUT2D eigenvalue weighted by atomic mass is 10.2. The van der Waals surface area contributed by atoms with Crippen molar-refractivity contribution in [2.24, 2.45) is 5.73 Å². The maximum Gasteiger partial charge on any atom is 0.0629 e. The van der Waals surface area contributed by atoms with Crippen molar-refractivity contribution in [1.82, 2.24) is 10.4 Å². The molecule has 1 unspecified atom stereocenters. The zero-order chi connectivity index (χ0) is 10.9. The van der Waals surface area contributed by atoms with Crippen LogP contribution in [0.25, 0.3) is 0 Å². The van der Waals surface area contributed by atoms with Gasteiger partial charge in [0.1, 0.15) is 0 Å². The highest BCUT2D eigenvalue weighted by atomic mass is 16.5. The van der Waals surface area contributed by atoms with Gasteiger partial charge >= 0.3 is 0 Å². The van der Waals surface area contributed by atoms with Crippen LogP contribution in [0.2, 0.25) is 0 Å². The molecular weight excluding hydrogens is 194 g/mol. The molecule has 0 bridgehead atoms. The van der Waals surface area contributed by atoms with Gasteiger partial charge in [-0.2, -0.15) is 0 Å². The van der Waals surface area contributed by atoms with Crippen LogP contribution in [0, 0.1) is 0 Å². The van der Waals surface area contributed by atoms with Gasteiger partial charge in [-0.25, -0.2) is 10.4 Å². The quantitative estimate of drug-likeness (QED) is 0.606. The summed E-state index contributed by atoms with van der Waals surface area (Å²) in [7, 11) is 1.73. The Morgan fingerprint density at radius 2 is 2.20 bits per heavy atom. The van der Waals surface area contributed by atoms with E-state index in [1.54, 1.807) is 7.11 Å². The summed E-state index contributed by atoms with van der Waals surface area (Å²) in [6.07, 6.45) is 2.09. The minimum atomic E-state index is 0.372. The number of hydrazine groups is 1. The molecule has 1 aliphatic rings. The molecule has 0 aromatic heterocycles. The number of methoxy groups -OCH3 is 1. The summed E-state index contributed by atoms with van der Waals surface area (Å²) in [6.45, 7) is 4.99. The minimum absolute atomic E-state index is 0.372. The normalized spacial score (nSPS) is 20.4. The molecule has 0 saturated carbocycles. The lowest BCUT2D eigenvalue weighted by Crippen LogP contribution is -2.51. The van der Waals surface area contributed by atoms with Crippen LogP contribution in [0.15, 0.2) is 0 Å². The van der Waals surface area contributed by atoms with Crippen LogP contribution >= 0.6 is 0 Å². The monoisotopic (exact) mass is 217 g/mol. The molecule has 1 saturated heterocycles. The molecular formula is C10H23N3O2. The molecule has 0 radical (unpaired) electrons. The van der Waals surface area contributed by atoms with E-state index in [0.717, 1.165) is 52.3 Å². The summed E-state index contributed by atoms with van der Waals surface area (Å²) in [5.74, 6) is 0. The molecule has 3 N–H and O–H groups in total. The fourth-order valence-electron chi connectivity index (χ4n) is 1.70. The standard InChI is InChI=1S/C10H23N3O2/c1-14-9-10(3-2-4-11)12-13-5-7-15-8-6-13/h10,12H,2-9,11H2,1H3. The average Bonchev–Trinajstić information content (AvgIpc) is 2.28. The van der Waals surface area contributed by atoms with Crippen molar-refractivity contribution in [1.29, 1.82) is 0 Å². The number of nitrogens with zero attached hydrogens (tertiary/aromatic N) is 1. The van der Waals surface area contributed by atoms with Crippen LogP contribution in [0.3, 0.4) is 0 Å². The number of rotatable bonds is 7. The zero-order valence-corrected chi connectivity index (χ0v) is 9.58. The van der Waals surface area contributed by atoms with Crippen LogP contribution in [0.1, 0.15) is 12.8 Å². The van der Waals surface area contributed by atoms with Gasteiger partial charge in [-0.05, 0) is 19.4 Å². The summed E-state index contributed by atoms with van der Waals surface area (Å²) in [4.78, 5) is 0. The molecule has 1 aliphatic heterocycles. The molecule has 1 heterocycles. The van der Waals surface area contributed by atoms with Crippen molar-refractivity contribution in [2.45, 2.75) is 18.9 Å². The highest BCUT2D eigenvalue weighted by Crippen LogP contribution is 2.00. The molecule has 1 fully saturated rings. The van der Waals surface area contributed by atoms with Gasteiger partial charge < -0.3 is 15.2 Å². The summed E-state index contributed by atoms with van der Waals surface area (Å²) < 4.78 is 10.5. The van der Waals surface area contributed by atoms with E-state index in [0.29, 0.717) is 6.04 Å². The predicted octanol–water partition coefficient (Wildman–Crippen LogP) is -0.423. The summed E-state index contributed by atoms with van der Waals surface area (Å²) >= 11 is 0. The van der Waals surface area contributed by atoms with E-state index in [2.05, 4.69) is 10.4 Å². The molecule has 1 rings (SSSR count). The first-order valence-corrected chi connectivity index (χ1v) is 5.64. The minimum Gasteiger partial charge on any atom is -0.383 e. The number of ether oxygens (including phenoxy) is 2. The molecule has 0 aromatic rings. The highest BCUT2D eigenvalue weighted by Gasteiger charge is 2.15. The van der Waals surface area contributed by atoms with Gasteiger partial charge in [-0.1, -0.05) is 0 Å². The van der Waals surface area contributed by atoms with Gasteiger partial charge in [0.2, 0.25) is 0 Å². The Hall–Kier alpha value is -0.200. The van der Waals surface area contributed by atoms with Gasteiger partial charge in [0.15, 0.2) is 0 Å². The molecule has 1 atom stereocenters.